The number of fused-ring (bicyclic) bond motifs is 1. The Morgan fingerprint density at radius 3 is 2.80 bits per heavy atom. The Labute approximate surface area is 178 Å². The maximum absolute atomic E-state index is 13.0. The van der Waals surface area contributed by atoms with Gasteiger partial charge in [-0.25, -0.2) is 0 Å². The standard InChI is InChI=1S/C23H22N2O4S/c1-3-28-19-12-20(15-7-5-4-6-8-15)30-22(19)23(27)24-14(2)16-9-10-18-17(11-16)25-21(26)13-29-18/h4-12,14H,3,13H2,1-2H3,(H,24,27)(H,25,26). The second-order valence-electron chi connectivity index (χ2n) is 6.89. The lowest BCUT2D eigenvalue weighted by molar-refractivity contribution is -0.118. The zero-order valence-corrected chi connectivity index (χ0v) is 17.5. The molecule has 2 heterocycles. The molecule has 1 unspecified atom stereocenters. The number of thiophene rings is 1. The molecule has 1 atom stereocenters. The van der Waals surface area contributed by atoms with E-state index in [1.165, 1.54) is 11.3 Å². The van der Waals surface area contributed by atoms with Gasteiger partial charge in [-0.3, -0.25) is 9.59 Å². The molecule has 1 aromatic heterocycles. The SMILES string of the molecule is CCOc1cc(-c2ccccc2)sc1C(=O)NC(C)c1ccc2c(c1)NC(=O)CO2. The molecule has 3 aromatic rings. The van der Waals surface area contributed by atoms with Crippen molar-refractivity contribution in [1.29, 1.82) is 0 Å². The van der Waals surface area contributed by atoms with Crippen molar-refractivity contribution >= 4 is 28.8 Å². The van der Waals surface area contributed by atoms with Gasteiger partial charge in [-0.1, -0.05) is 36.4 Å². The molecular formula is C23H22N2O4S. The zero-order valence-electron chi connectivity index (χ0n) is 16.7. The lowest BCUT2D eigenvalue weighted by Crippen LogP contribution is -2.28. The second kappa shape index (κ2) is 8.59. The van der Waals surface area contributed by atoms with Gasteiger partial charge in [-0.15, -0.1) is 11.3 Å². The van der Waals surface area contributed by atoms with Crippen molar-refractivity contribution in [3.8, 4) is 21.9 Å². The Kier molecular flexibility index (Phi) is 5.72. The number of nitrogens with one attached hydrogen (secondary N) is 2. The van der Waals surface area contributed by atoms with Crippen LogP contribution in [0, 0.1) is 0 Å². The summed E-state index contributed by atoms with van der Waals surface area (Å²) in [7, 11) is 0. The Bertz CT molecular complexity index is 1080. The summed E-state index contributed by atoms with van der Waals surface area (Å²) in [4.78, 5) is 26.1. The molecule has 2 aromatic carbocycles. The number of amides is 2. The first-order chi connectivity index (χ1) is 14.5. The van der Waals surface area contributed by atoms with Gasteiger partial charge in [0, 0.05) is 4.88 Å². The van der Waals surface area contributed by atoms with E-state index in [4.69, 9.17) is 9.47 Å². The Hall–Kier alpha value is -3.32. The third-order valence-corrected chi connectivity index (χ3v) is 5.91. The van der Waals surface area contributed by atoms with Gasteiger partial charge in [-0.05, 0) is 43.2 Å². The molecule has 1 aliphatic rings. The van der Waals surface area contributed by atoms with Crippen LogP contribution in [-0.2, 0) is 4.79 Å². The monoisotopic (exact) mass is 422 g/mol. The molecule has 2 N–H and O–H groups in total. The molecule has 1 aliphatic heterocycles. The van der Waals surface area contributed by atoms with Gasteiger partial charge >= 0.3 is 0 Å². The molecule has 0 spiro atoms. The van der Waals surface area contributed by atoms with Gasteiger partial charge in [0.25, 0.3) is 11.8 Å². The van der Waals surface area contributed by atoms with Gasteiger partial charge in [0.15, 0.2) is 6.61 Å². The predicted molar refractivity (Wildman–Crippen MR) is 117 cm³/mol. The molecule has 0 aliphatic carbocycles. The number of carbonyl (C=O) groups excluding carboxylic acids is 2. The van der Waals surface area contributed by atoms with Crippen LogP contribution in [0.25, 0.3) is 10.4 Å². The van der Waals surface area contributed by atoms with Crippen LogP contribution in [0.2, 0.25) is 0 Å². The van der Waals surface area contributed by atoms with Gasteiger partial charge in [0.2, 0.25) is 0 Å². The molecule has 0 fully saturated rings. The highest BCUT2D eigenvalue weighted by Crippen LogP contribution is 2.37. The summed E-state index contributed by atoms with van der Waals surface area (Å²) in [5, 5.41) is 5.82. The van der Waals surface area contributed by atoms with Crippen LogP contribution in [0.15, 0.2) is 54.6 Å². The third kappa shape index (κ3) is 4.16. The van der Waals surface area contributed by atoms with E-state index in [0.29, 0.717) is 28.7 Å². The average Bonchev–Trinajstić information content (AvgIpc) is 3.18. The van der Waals surface area contributed by atoms with Gasteiger partial charge in [0.05, 0.1) is 18.3 Å². The number of rotatable bonds is 6. The maximum atomic E-state index is 13.0. The number of anilines is 1. The molecule has 0 bridgehead atoms. The number of hydrogen-bond donors (Lipinski definition) is 2. The van der Waals surface area contributed by atoms with Crippen LogP contribution in [0.3, 0.4) is 0 Å². The lowest BCUT2D eigenvalue weighted by atomic mass is 10.1. The highest BCUT2D eigenvalue weighted by Gasteiger charge is 2.22. The molecule has 0 saturated carbocycles. The minimum absolute atomic E-state index is 0.0148. The van der Waals surface area contributed by atoms with E-state index in [2.05, 4.69) is 10.6 Å². The molecule has 0 saturated heterocycles. The maximum Gasteiger partial charge on any atom is 0.265 e. The zero-order chi connectivity index (χ0) is 21.1. The van der Waals surface area contributed by atoms with Crippen molar-refractivity contribution < 1.29 is 19.1 Å². The quantitative estimate of drug-likeness (QED) is 0.607. The van der Waals surface area contributed by atoms with Crippen LogP contribution < -0.4 is 20.1 Å². The minimum Gasteiger partial charge on any atom is -0.492 e. The van der Waals surface area contributed by atoms with Crippen LogP contribution in [-0.4, -0.2) is 25.0 Å². The van der Waals surface area contributed by atoms with Crippen molar-refractivity contribution in [2.24, 2.45) is 0 Å². The summed E-state index contributed by atoms with van der Waals surface area (Å²) in [6.07, 6.45) is 0. The van der Waals surface area contributed by atoms with Crippen molar-refractivity contribution in [3.05, 3.63) is 65.0 Å². The average molecular weight is 423 g/mol. The van der Waals surface area contributed by atoms with Gasteiger partial charge in [0.1, 0.15) is 16.4 Å². The van der Waals surface area contributed by atoms with E-state index >= 15 is 0 Å². The fraction of sp³-hybridized carbons (Fsp3) is 0.217. The number of ether oxygens (including phenoxy) is 2. The van der Waals surface area contributed by atoms with Crippen LogP contribution in [0.5, 0.6) is 11.5 Å². The van der Waals surface area contributed by atoms with Gasteiger partial charge in [-0.2, -0.15) is 0 Å². The van der Waals surface area contributed by atoms with Crippen molar-refractivity contribution in [2.75, 3.05) is 18.5 Å². The van der Waals surface area contributed by atoms with Crippen molar-refractivity contribution in [3.63, 3.8) is 0 Å². The molecule has 6 nitrogen and oxygen atoms in total. The lowest BCUT2D eigenvalue weighted by Gasteiger charge is -2.21. The number of benzene rings is 2. The van der Waals surface area contributed by atoms with E-state index in [0.717, 1.165) is 16.0 Å². The smallest absolute Gasteiger partial charge is 0.265 e. The summed E-state index contributed by atoms with van der Waals surface area (Å²) in [6, 6.07) is 17.1. The van der Waals surface area contributed by atoms with E-state index in [-0.39, 0.29) is 24.5 Å². The Morgan fingerprint density at radius 2 is 2.03 bits per heavy atom. The molecule has 4 rings (SSSR count). The fourth-order valence-electron chi connectivity index (χ4n) is 3.26. The number of carbonyl (C=O) groups is 2. The highest BCUT2D eigenvalue weighted by molar-refractivity contribution is 7.17. The summed E-state index contributed by atoms with van der Waals surface area (Å²) in [5.41, 5.74) is 2.52. The molecule has 154 valence electrons. The van der Waals surface area contributed by atoms with Crippen LogP contribution >= 0.6 is 11.3 Å². The highest BCUT2D eigenvalue weighted by atomic mass is 32.1. The minimum atomic E-state index is -0.265. The molecular weight excluding hydrogens is 400 g/mol. The number of hydrogen-bond acceptors (Lipinski definition) is 5. The molecule has 30 heavy (non-hydrogen) atoms. The van der Waals surface area contributed by atoms with Crippen LogP contribution in [0.4, 0.5) is 5.69 Å². The van der Waals surface area contributed by atoms with Crippen molar-refractivity contribution in [2.45, 2.75) is 19.9 Å². The topological polar surface area (TPSA) is 76.7 Å². The Morgan fingerprint density at radius 1 is 1.23 bits per heavy atom. The third-order valence-electron chi connectivity index (χ3n) is 4.75. The first-order valence-corrected chi connectivity index (χ1v) is 10.6. The first kappa shape index (κ1) is 20.0. The van der Waals surface area contributed by atoms with Crippen LogP contribution in [0.1, 0.15) is 35.1 Å². The molecule has 7 heteroatoms. The van der Waals surface area contributed by atoms with E-state index in [1.807, 2.05) is 62.4 Å². The molecule has 2 amide bonds. The summed E-state index contributed by atoms with van der Waals surface area (Å²) < 4.78 is 11.1. The van der Waals surface area contributed by atoms with Gasteiger partial charge < -0.3 is 20.1 Å². The predicted octanol–water partition coefficient (Wildman–Crippen LogP) is 4.64. The summed E-state index contributed by atoms with van der Waals surface area (Å²) >= 11 is 1.41. The van der Waals surface area contributed by atoms with Crippen molar-refractivity contribution in [1.82, 2.24) is 5.32 Å². The summed E-state index contributed by atoms with van der Waals surface area (Å²) in [5.74, 6) is 0.819. The van der Waals surface area contributed by atoms with E-state index in [9.17, 15) is 9.59 Å². The Balaban J connectivity index is 1.55. The largest absolute Gasteiger partial charge is 0.492 e. The van der Waals surface area contributed by atoms with E-state index < -0.39 is 0 Å². The fourth-order valence-corrected chi connectivity index (χ4v) is 4.27. The summed E-state index contributed by atoms with van der Waals surface area (Å²) in [6.45, 7) is 4.29. The molecule has 0 radical (unpaired) electrons. The second-order valence-corrected chi connectivity index (χ2v) is 7.94. The normalized spacial score (nSPS) is 13.6. The van der Waals surface area contributed by atoms with E-state index in [1.54, 1.807) is 6.07 Å². The first-order valence-electron chi connectivity index (χ1n) is 9.74.